The maximum Gasteiger partial charge on any atom is 0.135 e. The maximum absolute atomic E-state index is 6.34. The molecule has 0 spiro atoms. The molecule has 2 heterocycles. The van der Waals surface area contributed by atoms with Gasteiger partial charge in [0.1, 0.15) is 11.2 Å². The molecule has 1 aliphatic rings. The van der Waals surface area contributed by atoms with Crippen LogP contribution < -0.4 is 4.90 Å². The monoisotopic (exact) mass is 742 g/mol. The fraction of sp³-hybridized carbons (Fsp3) is 0.0545. The summed E-state index contributed by atoms with van der Waals surface area (Å²) in [6, 6.07) is 70.8. The van der Waals surface area contributed by atoms with E-state index in [0.717, 1.165) is 44.7 Å². The molecule has 0 saturated carbocycles. The van der Waals surface area contributed by atoms with Crippen molar-refractivity contribution in [3.8, 4) is 27.9 Å². The molecule has 0 fully saturated rings. The third-order valence-electron chi connectivity index (χ3n) is 12.6. The van der Waals surface area contributed by atoms with Gasteiger partial charge in [0.05, 0.1) is 22.4 Å². The van der Waals surface area contributed by atoms with Crippen molar-refractivity contribution < 1.29 is 4.42 Å². The molecule has 274 valence electrons. The van der Waals surface area contributed by atoms with Crippen LogP contribution in [0.2, 0.25) is 0 Å². The predicted molar refractivity (Wildman–Crippen MR) is 243 cm³/mol. The third kappa shape index (κ3) is 4.74. The molecular formula is C55H38N2O. The molecule has 3 nitrogen and oxygen atoms in total. The number of nitrogens with zero attached hydrogens (tertiary/aromatic N) is 2. The molecule has 58 heavy (non-hydrogen) atoms. The predicted octanol–water partition coefficient (Wildman–Crippen LogP) is 15.3. The highest BCUT2D eigenvalue weighted by Gasteiger charge is 2.36. The Kier molecular flexibility index (Phi) is 6.98. The number of hydrogen-bond donors (Lipinski definition) is 0. The molecule has 0 bridgehead atoms. The molecule has 9 aromatic carbocycles. The van der Waals surface area contributed by atoms with Crippen molar-refractivity contribution >= 4 is 71.6 Å². The SMILES string of the molecule is CC1(C)c2cc(-c3ccccc3)ccc2-c2ccc(N(c3ccc4oc5ccccc5c4c3)c3ccc(-n4c5ccccc5c5ccccc54)c4ccccc34)cc21. The topological polar surface area (TPSA) is 21.3 Å². The Balaban J connectivity index is 1.09. The fourth-order valence-corrected chi connectivity index (χ4v) is 9.79. The summed E-state index contributed by atoms with van der Waals surface area (Å²) in [6.45, 7) is 4.75. The van der Waals surface area contributed by atoms with Crippen LogP contribution in [0.15, 0.2) is 199 Å². The first-order chi connectivity index (χ1) is 28.5. The summed E-state index contributed by atoms with van der Waals surface area (Å²) < 4.78 is 8.77. The highest BCUT2D eigenvalue weighted by molar-refractivity contribution is 6.12. The standard InChI is InChI=1S/C55H38N2O/c1-55(2)47-32-36(35-14-4-3-5-15-35)24-27-39(47)40-28-25-38(34-48(40)55)56(37-26-31-54-46(33-37)45-20-10-13-23-53(45)58-54)51-29-30-52(44-17-7-6-16-43(44)51)57-49-21-11-8-18-41(49)42-19-9-12-22-50(42)57/h3-34H,1-2H3. The molecule has 0 aliphatic heterocycles. The van der Waals surface area contributed by atoms with Gasteiger partial charge in [-0.3, -0.25) is 0 Å². The largest absolute Gasteiger partial charge is 0.456 e. The van der Waals surface area contributed by atoms with Crippen molar-refractivity contribution in [3.63, 3.8) is 0 Å². The minimum atomic E-state index is -0.204. The van der Waals surface area contributed by atoms with E-state index in [1.807, 2.05) is 6.07 Å². The van der Waals surface area contributed by atoms with Crippen LogP contribution in [-0.2, 0) is 5.41 Å². The number of aromatic nitrogens is 1. The summed E-state index contributed by atoms with van der Waals surface area (Å²) in [4.78, 5) is 2.45. The van der Waals surface area contributed by atoms with Crippen molar-refractivity contribution in [2.24, 2.45) is 0 Å². The summed E-state index contributed by atoms with van der Waals surface area (Å²) in [5.74, 6) is 0. The third-order valence-corrected chi connectivity index (χ3v) is 12.6. The summed E-state index contributed by atoms with van der Waals surface area (Å²) in [7, 11) is 0. The van der Waals surface area contributed by atoms with Crippen LogP contribution >= 0.6 is 0 Å². The van der Waals surface area contributed by atoms with Gasteiger partial charge in [0.15, 0.2) is 0 Å². The van der Waals surface area contributed by atoms with E-state index in [9.17, 15) is 0 Å². The highest BCUT2D eigenvalue weighted by Crippen LogP contribution is 2.52. The quantitative estimate of drug-likeness (QED) is 0.175. The first-order valence-corrected chi connectivity index (χ1v) is 20.1. The lowest BCUT2D eigenvalue weighted by Gasteiger charge is -2.29. The van der Waals surface area contributed by atoms with E-state index in [1.54, 1.807) is 0 Å². The van der Waals surface area contributed by atoms with E-state index in [1.165, 1.54) is 66.0 Å². The molecule has 0 amide bonds. The molecule has 0 N–H and O–H groups in total. The molecular weight excluding hydrogens is 705 g/mol. The molecule has 2 aromatic heterocycles. The Hall–Kier alpha value is -7.36. The maximum atomic E-state index is 6.34. The minimum Gasteiger partial charge on any atom is -0.456 e. The van der Waals surface area contributed by atoms with Crippen LogP contribution in [-0.4, -0.2) is 4.57 Å². The Labute approximate surface area is 336 Å². The number of furan rings is 1. The molecule has 0 radical (unpaired) electrons. The number of rotatable bonds is 5. The number of fused-ring (bicyclic) bond motifs is 10. The first-order valence-electron chi connectivity index (χ1n) is 20.1. The van der Waals surface area contributed by atoms with E-state index in [-0.39, 0.29) is 5.41 Å². The molecule has 3 heteroatoms. The van der Waals surface area contributed by atoms with Gasteiger partial charge in [0, 0.05) is 49.1 Å². The van der Waals surface area contributed by atoms with Gasteiger partial charge < -0.3 is 13.9 Å². The van der Waals surface area contributed by atoms with Gasteiger partial charge in [-0.25, -0.2) is 0 Å². The van der Waals surface area contributed by atoms with Gasteiger partial charge in [0.25, 0.3) is 0 Å². The molecule has 0 unspecified atom stereocenters. The van der Waals surface area contributed by atoms with Crippen molar-refractivity contribution in [2.75, 3.05) is 4.90 Å². The van der Waals surface area contributed by atoms with E-state index < -0.39 is 0 Å². The number of anilines is 3. The lowest BCUT2D eigenvalue weighted by atomic mass is 9.81. The van der Waals surface area contributed by atoms with Gasteiger partial charge >= 0.3 is 0 Å². The highest BCUT2D eigenvalue weighted by atomic mass is 16.3. The van der Waals surface area contributed by atoms with Gasteiger partial charge in [-0.15, -0.1) is 0 Å². The number of benzene rings is 9. The second-order valence-corrected chi connectivity index (χ2v) is 16.1. The normalized spacial score (nSPS) is 13.1. The van der Waals surface area contributed by atoms with Crippen LogP contribution in [0.5, 0.6) is 0 Å². The van der Waals surface area contributed by atoms with Crippen molar-refractivity contribution in [1.82, 2.24) is 4.57 Å². The molecule has 12 rings (SSSR count). The summed E-state index contributed by atoms with van der Waals surface area (Å²) in [6.07, 6.45) is 0. The summed E-state index contributed by atoms with van der Waals surface area (Å²) >= 11 is 0. The average Bonchev–Trinajstić information content (AvgIpc) is 3.89. The smallest absolute Gasteiger partial charge is 0.135 e. The van der Waals surface area contributed by atoms with Gasteiger partial charge in [0.2, 0.25) is 0 Å². The molecule has 11 aromatic rings. The minimum absolute atomic E-state index is 0.204. The molecule has 1 aliphatic carbocycles. The molecule has 0 atom stereocenters. The summed E-state index contributed by atoms with van der Waals surface area (Å²) in [5.41, 5.74) is 16.2. The van der Waals surface area contributed by atoms with Crippen LogP contribution in [0.4, 0.5) is 17.1 Å². The fourth-order valence-electron chi connectivity index (χ4n) is 9.79. The van der Waals surface area contributed by atoms with Crippen LogP contribution in [0.1, 0.15) is 25.0 Å². The second-order valence-electron chi connectivity index (χ2n) is 16.1. The lowest BCUT2D eigenvalue weighted by Crippen LogP contribution is -2.17. The van der Waals surface area contributed by atoms with Gasteiger partial charge in [-0.1, -0.05) is 141 Å². The number of hydrogen-bond acceptors (Lipinski definition) is 2. The first kappa shape index (κ1) is 32.8. The Morgan fingerprint density at radius 1 is 0.414 bits per heavy atom. The van der Waals surface area contributed by atoms with Crippen LogP contribution in [0.3, 0.4) is 0 Å². The zero-order valence-electron chi connectivity index (χ0n) is 32.3. The Bertz CT molecular complexity index is 3390. The zero-order valence-corrected chi connectivity index (χ0v) is 32.3. The van der Waals surface area contributed by atoms with Gasteiger partial charge in [-0.2, -0.15) is 0 Å². The van der Waals surface area contributed by atoms with E-state index in [0.29, 0.717) is 0 Å². The van der Waals surface area contributed by atoms with Gasteiger partial charge in [-0.05, 0) is 100 Å². The van der Waals surface area contributed by atoms with Crippen molar-refractivity contribution in [2.45, 2.75) is 19.3 Å². The van der Waals surface area contributed by atoms with E-state index in [4.69, 9.17) is 4.42 Å². The Morgan fingerprint density at radius 2 is 0.983 bits per heavy atom. The Morgan fingerprint density at radius 3 is 1.74 bits per heavy atom. The average molecular weight is 743 g/mol. The zero-order chi connectivity index (χ0) is 38.5. The van der Waals surface area contributed by atoms with Crippen LogP contribution in [0, 0.1) is 0 Å². The van der Waals surface area contributed by atoms with E-state index in [2.05, 4.69) is 211 Å². The molecule has 0 saturated heterocycles. The number of para-hydroxylation sites is 3. The van der Waals surface area contributed by atoms with Crippen LogP contribution in [0.25, 0.3) is 82.5 Å². The van der Waals surface area contributed by atoms with Crippen molar-refractivity contribution in [3.05, 3.63) is 205 Å². The second kappa shape index (κ2) is 12.3. The lowest BCUT2D eigenvalue weighted by molar-refractivity contribution is 0.660. The van der Waals surface area contributed by atoms with E-state index >= 15 is 0 Å². The van der Waals surface area contributed by atoms with Crippen molar-refractivity contribution in [1.29, 1.82) is 0 Å². The summed E-state index contributed by atoms with van der Waals surface area (Å²) in [5, 5.41) is 7.10.